The molecule has 0 aliphatic heterocycles. The van der Waals surface area contributed by atoms with Crippen LogP contribution in [0.25, 0.3) is 0 Å². The molecule has 2 amide bonds. The summed E-state index contributed by atoms with van der Waals surface area (Å²) >= 11 is 0. The predicted molar refractivity (Wildman–Crippen MR) is 78.7 cm³/mol. The zero-order valence-electron chi connectivity index (χ0n) is 12.1. The van der Waals surface area contributed by atoms with Crippen LogP contribution in [0.1, 0.15) is 19.4 Å². The van der Waals surface area contributed by atoms with Crippen molar-refractivity contribution in [3.05, 3.63) is 35.9 Å². The van der Waals surface area contributed by atoms with Gasteiger partial charge in [0.25, 0.3) is 0 Å². The molecule has 0 fully saturated rings. The van der Waals surface area contributed by atoms with Crippen molar-refractivity contribution in [1.82, 2.24) is 4.90 Å². The number of rotatable bonds is 7. The average molecular weight is 277 g/mol. The molecular weight excluding hydrogens is 254 g/mol. The molecule has 0 radical (unpaired) electrons. The number of benzene rings is 1. The van der Waals surface area contributed by atoms with E-state index in [2.05, 4.69) is 0 Å². The molecule has 0 aliphatic rings. The van der Waals surface area contributed by atoms with Crippen LogP contribution in [0.5, 0.6) is 0 Å². The Morgan fingerprint density at radius 3 is 2.25 bits per heavy atom. The molecule has 0 aromatic heterocycles. The van der Waals surface area contributed by atoms with E-state index in [0.717, 1.165) is 5.56 Å². The number of carbonyl (C=O) groups excluding carboxylic acids is 2. The Labute approximate surface area is 119 Å². The summed E-state index contributed by atoms with van der Waals surface area (Å²) in [6.07, 6.45) is 0.568. The first-order valence-corrected chi connectivity index (χ1v) is 6.78. The summed E-state index contributed by atoms with van der Waals surface area (Å²) in [4.78, 5) is 25.1. The van der Waals surface area contributed by atoms with Crippen molar-refractivity contribution in [3.63, 3.8) is 0 Å². The fraction of sp³-hybridized carbons (Fsp3) is 0.467. The van der Waals surface area contributed by atoms with Gasteiger partial charge >= 0.3 is 0 Å². The lowest BCUT2D eigenvalue weighted by atomic mass is 9.97. The van der Waals surface area contributed by atoms with Crippen molar-refractivity contribution >= 4 is 11.8 Å². The molecule has 1 unspecified atom stereocenters. The highest BCUT2D eigenvalue weighted by Gasteiger charge is 2.26. The first-order chi connectivity index (χ1) is 9.45. The van der Waals surface area contributed by atoms with E-state index in [1.165, 1.54) is 4.90 Å². The van der Waals surface area contributed by atoms with Gasteiger partial charge in [-0.1, -0.05) is 30.3 Å². The van der Waals surface area contributed by atoms with E-state index < -0.39 is 5.91 Å². The highest BCUT2D eigenvalue weighted by molar-refractivity contribution is 5.85. The van der Waals surface area contributed by atoms with E-state index >= 15 is 0 Å². The van der Waals surface area contributed by atoms with Gasteiger partial charge in [-0.3, -0.25) is 9.59 Å². The van der Waals surface area contributed by atoms with Crippen LogP contribution in [0.3, 0.4) is 0 Å². The molecule has 0 bridgehead atoms. The van der Waals surface area contributed by atoms with Crippen molar-refractivity contribution in [2.75, 3.05) is 13.1 Å². The minimum Gasteiger partial charge on any atom is -0.368 e. The van der Waals surface area contributed by atoms with E-state index in [4.69, 9.17) is 11.5 Å². The van der Waals surface area contributed by atoms with Gasteiger partial charge in [-0.2, -0.15) is 0 Å². The Bertz CT molecular complexity index is 446. The van der Waals surface area contributed by atoms with E-state index in [1.54, 1.807) is 0 Å². The molecule has 0 heterocycles. The fourth-order valence-electron chi connectivity index (χ4n) is 2.09. The molecule has 1 atom stereocenters. The largest absolute Gasteiger partial charge is 0.368 e. The van der Waals surface area contributed by atoms with Crippen LogP contribution in [0.2, 0.25) is 0 Å². The first-order valence-electron chi connectivity index (χ1n) is 6.78. The van der Waals surface area contributed by atoms with Gasteiger partial charge in [0.05, 0.1) is 12.5 Å². The van der Waals surface area contributed by atoms with Crippen LogP contribution in [0, 0.1) is 5.92 Å². The summed E-state index contributed by atoms with van der Waals surface area (Å²) in [5.74, 6) is -0.966. The van der Waals surface area contributed by atoms with Gasteiger partial charge in [-0.15, -0.1) is 0 Å². The quantitative estimate of drug-likeness (QED) is 0.761. The summed E-state index contributed by atoms with van der Waals surface area (Å²) < 4.78 is 0. The van der Waals surface area contributed by atoms with Gasteiger partial charge in [0.15, 0.2) is 0 Å². The van der Waals surface area contributed by atoms with Crippen molar-refractivity contribution in [3.8, 4) is 0 Å². The molecule has 1 rings (SSSR count). The third-order valence-electron chi connectivity index (χ3n) is 3.19. The highest BCUT2D eigenvalue weighted by atomic mass is 16.2. The van der Waals surface area contributed by atoms with Crippen LogP contribution in [-0.2, 0) is 16.0 Å². The third kappa shape index (κ3) is 4.66. The Hall–Kier alpha value is -1.88. The molecule has 5 nitrogen and oxygen atoms in total. The second-order valence-corrected chi connectivity index (χ2v) is 5.15. The summed E-state index contributed by atoms with van der Waals surface area (Å²) in [7, 11) is 0. The van der Waals surface area contributed by atoms with Gasteiger partial charge in [-0.25, -0.2) is 0 Å². The summed E-state index contributed by atoms with van der Waals surface area (Å²) in [5, 5.41) is 0. The average Bonchev–Trinajstić information content (AvgIpc) is 2.42. The van der Waals surface area contributed by atoms with Gasteiger partial charge in [0.2, 0.25) is 11.8 Å². The van der Waals surface area contributed by atoms with Crippen molar-refractivity contribution < 1.29 is 9.59 Å². The topological polar surface area (TPSA) is 89.4 Å². The summed E-state index contributed by atoms with van der Waals surface area (Å²) in [5.41, 5.74) is 12.0. The lowest BCUT2D eigenvalue weighted by molar-refractivity contribution is -0.140. The second-order valence-electron chi connectivity index (χ2n) is 5.15. The first kappa shape index (κ1) is 16.2. The number of hydrogen-bond acceptors (Lipinski definition) is 3. The zero-order valence-corrected chi connectivity index (χ0v) is 12.1. The third-order valence-corrected chi connectivity index (χ3v) is 3.19. The maximum Gasteiger partial charge on any atom is 0.237 e. The number of carbonyl (C=O) groups is 2. The molecule has 1 aromatic carbocycles. The van der Waals surface area contributed by atoms with Crippen LogP contribution >= 0.6 is 0 Å². The molecule has 0 spiro atoms. The van der Waals surface area contributed by atoms with E-state index in [1.807, 2.05) is 44.2 Å². The SMILES string of the molecule is CC(C)N(CC(N)=O)C(=O)C(CN)Cc1ccccc1. The number of nitrogens with two attached hydrogens (primary N) is 2. The standard InChI is InChI=1S/C15H23N3O2/c1-11(2)18(10-14(17)19)15(20)13(9-16)8-12-6-4-3-5-7-12/h3-7,11,13H,8-10,16H2,1-2H3,(H2,17,19). The minimum absolute atomic E-state index is 0.0677. The Morgan fingerprint density at radius 1 is 1.20 bits per heavy atom. The monoisotopic (exact) mass is 277 g/mol. The van der Waals surface area contributed by atoms with E-state index in [-0.39, 0.29) is 31.0 Å². The molecule has 0 saturated carbocycles. The number of hydrogen-bond donors (Lipinski definition) is 2. The summed E-state index contributed by atoms with van der Waals surface area (Å²) in [6, 6.07) is 9.62. The maximum atomic E-state index is 12.5. The number of primary amides is 1. The maximum absolute atomic E-state index is 12.5. The molecule has 1 aromatic rings. The lowest BCUT2D eigenvalue weighted by Gasteiger charge is -2.29. The normalized spacial score (nSPS) is 12.2. The Kier molecular flexibility index (Phi) is 6.18. The molecule has 110 valence electrons. The van der Waals surface area contributed by atoms with Gasteiger partial charge in [-0.05, 0) is 25.8 Å². The molecule has 0 aliphatic carbocycles. The fourth-order valence-corrected chi connectivity index (χ4v) is 2.09. The van der Waals surface area contributed by atoms with Gasteiger partial charge in [0.1, 0.15) is 0 Å². The van der Waals surface area contributed by atoms with Crippen LogP contribution in [0.15, 0.2) is 30.3 Å². The molecular formula is C15H23N3O2. The Morgan fingerprint density at radius 2 is 1.80 bits per heavy atom. The van der Waals surface area contributed by atoms with Crippen molar-refractivity contribution in [2.24, 2.45) is 17.4 Å². The highest BCUT2D eigenvalue weighted by Crippen LogP contribution is 2.13. The summed E-state index contributed by atoms with van der Waals surface area (Å²) in [6.45, 7) is 3.89. The van der Waals surface area contributed by atoms with E-state index in [9.17, 15) is 9.59 Å². The minimum atomic E-state index is -0.512. The van der Waals surface area contributed by atoms with Gasteiger partial charge < -0.3 is 16.4 Å². The van der Waals surface area contributed by atoms with Crippen molar-refractivity contribution in [2.45, 2.75) is 26.3 Å². The van der Waals surface area contributed by atoms with Crippen molar-refractivity contribution in [1.29, 1.82) is 0 Å². The molecule has 5 heteroatoms. The Balaban J connectivity index is 2.81. The van der Waals surface area contributed by atoms with E-state index in [0.29, 0.717) is 6.42 Å². The molecule has 0 saturated heterocycles. The predicted octanol–water partition coefficient (Wildman–Crippen LogP) is 0.526. The van der Waals surface area contributed by atoms with Gasteiger partial charge in [0, 0.05) is 12.6 Å². The molecule has 4 N–H and O–H groups in total. The number of nitrogens with zero attached hydrogens (tertiary/aromatic N) is 1. The molecule has 20 heavy (non-hydrogen) atoms. The zero-order chi connectivity index (χ0) is 15.1. The number of amides is 2. The second kappa shape index (κ2) is 7.65. The van der Waals surface area contributed by atoms with Crippen LogP contribution in [-0.4, -0.2) is 35.8 Å². The van der Waals surface area contributed by atoms with Crippen LogP contribution < -0.4 is 11.5 Å². The smallest absolute Gasteiger partial charge is 0.237 e. The lowest BCUT2D eigenvalue weighted by Crippen LogP contribution is -2.47. The van der Waals surface area contributed by atoms with Crippen LogP contribution in [0.4, 0.5) is 0 Å².